The zero-order valence-electron chi connectivity index (χ0n) is 11.1. The van der Waals surface area contributed by atoms with E-state index in [0.29, 0.717) is 22.3 Å². The summed E-state index contributed by atoms with van der Waals surface area (Å²) in [6.07, 6.45) is -0.721. The third-order valence-corrected chi connectivity index (χ3v) is 2.93. The molecule has 3 N–H and O–H groups in total. The van der Waals surface area contributed by atoms with Crippen LogP contribution in [0.3, 0.4) is 0 Å². The quantitative estimate of drug-likeness (QED) is 0.640. The molecule has 0 aromatic heterocycles. The van der Waals surface area contributed by atoms with E-state index in [1.54, 1.807) is 19.1 Å². The van der Waals surface area contributed by atoms with Gasteiger partial charge in [0.05, 0.1) is 11.3 Å². The number of nitrogen functional groups attached to an aromatic ring is 1. The molecule has 0 heterocycles. The number of hydrogen-bond donors (Lipinski definition) is 2. The van der Waals surface area contributed by atoms with E-state index >= 15 is 0 Å². The fourth-order valence-electron chi connectivity index (χ4n) is 1.56. The number of carbonyl (C=O) groups excluding carboxylic acids is 2. The summed E-state index contributed by atoms with van der Waals surface area (Å²) in [5.74, 6) is -0.181. The van der Waals surface area contributed by atoms with Gasteiger partial charge in [-0.1, -0.05) is 15.9 Å². The number of anilines is 1. The number of ketones is 1. The van der Waals surface area contributed by atoms with Crippen molar-refractivity contribution in [1.29, 1.82) is 0 Å². The van der Waals surface area contributed by atoms with Gasteiger partial charge < -0.3 is 15.8 Å². The van der Waals surface area contributed by atoms with E-state index in [4.69, 9.17) is 10.5 Å². The second-order valence-electron chi connectivity index (χ2n) is 4.08. The molecule has 1 amide bonds. The molecule has 104 valence electrons. The van der Waals surface area contributed by atoms with E-state index in [1.807, 2.05) is 6.92 Å². The summed E-state index contributed by atoms with van der Waals surface area (Å²) in [4.78, 5) is 23.2. The summed E-state index contributed by atoms with van der Waals surface area (Å²) in [7, 11) is 0. The SMILES string of the molecule is CCNC(=O)C(C)Oc1c(N)cc(Br)cc1C(C)=O. The number of Topliss-reactive ketones (excluding diaryl/α,β-unsaturated/α-hetero) is 1. The van der Waals surface area contributed by atoms with Gasteiger partial charge in [-0.15, -0.1) is 0 Å². The fraction of sp³-hybridized carbons (Fsp3) is 0.385. The van der Waals surface area contributed by atoms with Gasteiger partial charge in [0.2, 0.25) is 0 Å². The maximum Gasteiger partial charge on any atom is 0.260 e. The van der Waals surface area contributed by atoms with Crippen LogP contribution in [0.1, 0.15) is 31.1 Å². The fourth-order valence-corrected chi connectivity index (χ4v) is 2.03. The van der Waals surface area contributed by atoms with Crippen molar-refractivity contribution in [2.45, 2.75) is 26.9 Å². The van der Waals surface area contributed by atoms with Crippen molar-refractivity contribution in [3.8, 4) is 5.75 Å². The average Bonchev–Trinajstić information content (AvgIpc) is 2.32. The maximum absolute atomic E-state index is 11.6. The number of carbonyl (C=O) groups is 2. The van der Waals surface area contributed by atoms with Crippen LogP contribution in [0, 0.1) is 0 Å². The van der Waals surface area contributed by atoms with E-state index < -0.39 is 6.10 Å². The van der Waals surface area contributed by atoms with Crippen molar-refractivity contribution in [1.82, 2.24) is 5.32 Å². The van der Waals surface area contributed by atoms with Crippen LogP contribution in [0.4, 0.5) is 5.69 Å². The number of nitrogens with two attached hydrogens (primary N) is 1. The van der Waals surface area contributed by atoms with Gasteiger partial charge in [0.1, 0.15) is 0 Å². The Hall–Kier alpha value is -1.56. The lowest BCUT2D eigenvalue weighted by Crippen LogP contribution is -2.36. The van der Waals surface area contributed by atoms with Gasteiger partial charge in [0.15, 0.2) is 17.6 Å². The van der Waals surface area contributed by atoms with Crippen LogP contribution >= 0.6 is 15.9 Å². The smallest absolute Gasteiger partial charge is 0.260 e. The van der Waals surface area contributed by atoms with Crippen LogP contribution in [0.25, 0.3) is 0 Å². The highest BCUT2D eigenvalue weighted by atomic mass is 79.9. The summed E-state index contributed by atoms with van der Waals surface area (Å²) in [6.45, 7) is 5.36. The number of halogens is 1. The minimum atomic E-state index is -0.721. The molecular formula is C13H17BrN2O3. The molecule has 0 saturated carbocycles. The number of hydrogen-bond acceptors (Lipinski definition) is 4. The van der Waals surface area contributed by atoms with E-state index in [0.717, 1.165) is 0 Å². The summed E-state index contributed by atoms with van der Waals surface area (Å²) in [5.41, 5.74) is 6.51. The van der Waals surface area contributed by atoms with Crippen LogP contribution in [0.15, 0.2) is 16.6 Å². The Bertz CT molecular complexity index is 503. The molecule has 0 aliphatic heterocycles. The van der Waals surface area contributed by atoms with Gasteiger partial charge in [-0.25, -0.2) is 0 Å². The van der Waals surface area contributed by atoms with Crippen molar-refractivity contribution >= 4 is 33.3 Å². The minimum Gasteiger partial charge on any atom is -0.478 e. The van der Waals surface area contributed by atoms with Crippen LogP contribution in [-0.2, 0) is 4.79 Å². The molecule has 6 heteroatoms. The third-order valence-electron chi connectivity index (χ3n) is 2.48. The molecule has 0 aliphatic rings. The van der Waals surface area contributed by atoms with Gasteiger partial charge in [0.25, 0.3) is 5.91 Å². The van der Waals surface area contributed by atoms with Crippen LogP contribution in [0.5, 0.6) is 5.75 Å². The summed E-state index contributed by atoms with van der Waals surface area (Å²) < 4.78 is 6.22. The van der Waals surface area contributed by atoms with E-state index in [9.17, 15) is 9.59 Å². The highest BCUT2D eigenvalue weighted by Crippen LogP contribution is 2.31. The predicted octanol–water partition coefficient (Wildman–Crippen LogP) is 2.14. The summed E-state index contributed by atoms with van der Waals surface area (Å²) in [5, 5.41) is 2.65. The molecule has 0 saturated heterocycles. The van der Waals surface area contributed by atoms with Crippen molar-refractivity contribution in [2.75, 3.05) is 12.3 Å². The largest absolute Gasteiger partial charge is 0.478 e. The molecule has 1 rings (SSSR count). The van der Waals surface area contributed by atoms with Crippen LogP contribution < -0.4 is 15.8 Å². The number of ether oxygens (including phenoxy) is 1. The molecule has 0 fully saturated rings. The Morgan fingerprint density at radius 2 is 2.11 bits per heavy atom. The van der Waals surface area contributed by atoms with Crippen LogP contribution in [-0.4, -0.2) is 24.3 Å². The molecule has 5 nitrogen and oxygen atoms in total. The lowest BCUT2D eigenvalue weighted by Gasteiger charge is -2.18. The Morgan fingerprint density at radius 3 is 2.63 bits per heavy atom. The Labute approximate surface area is 120 Å². The van der Waals surface area contributed by atoms with Gasteiger partial charge in [-0.3, -0.25) is 9.59 Å². The molecule has 19 heavy (non-hydrogen) atoms. The van der Waals surface area contributed by atoms with Gasteiger partial charge in [-0.05, 0) is 32.9 Å². The summed E-state index contributed by atoms with van der Waals surface area (Å²) in [6, 6.07) is 3.25. The van der Waals surface area contributed by atoms with Crippen LogP contribution in [0.2, 0.25) is 0 Å². The second kappa shape index (κ2) is 6.56. The van der Waals surface area contributed by atoms with E-state index in [-0.39, 0.29) is 17.4 Å². The zero-order valence-corrected chi connectivity index (χ0v) is 12.7. The first-order valence-corrected chi connectivity index (χ1v) is 6.70. The van der Waals surface area contributed by atoms with E-state index in [2.05, 4.69) is 21.2 Å². The number of amides is 1. The number of benzene rings is 1. The lowest BCUT2D eigenvalue weighted by molar-refractivity contribution is -0.127. The van der Waals surface area contributed by atoms with E-state index in [1.165, 1.54) is 6.92 Å². The molecule has 0 spiro atoms. The molecule has 1 aromatic rings. The summed E-state index contributed by atoms with van der Waals surface area (Å²) >= 11 is 3.27. The van der Waals surface area contributed by atoms with Crippen molar-refractivity contribution in [2.24, 2.45) is 0 Å². The van der Waals surface area contributed by atoms with Gasteiger partial charge >= 0.3 is 0 Å². The van der Waals surface area contributed by atoms with Crippen molar-refractivity contribution < 1.29 is 14.3 Å². The Morgan fingerprint density at radius 1 is 1.47 bits per heavy atom. The molecular weight excluding hydrogens is 312 g/mol. The number of likely N-dealkylation sites (N-methyl/N-ethyl adjacent to an activating group) is 1. The first kappa shape index (κ1) is 15.5. The number of nitrogens with one attached hydrogen (secondary N) is 1. The van der Waals surface area contributed by atoms with Gasteiger partial charge in [-0.2, -0.15) is 0 Å². The first-order valence-electron chi connectivity index (χ1n) is 5.91. The topological polar surface area (TPSA) is 81.4 Å². The third kappa shape index (κ3) is 3.96. The predicted molar refractivity (Wildman–Crippen MR) is 77.3 cm³/mol. The molecule has 1 aromatic carbocycles. The molecule has 1 unspecified atom stereocenters. The van der Waals surface area contributed by atoms with Gasteiger partial charge in [0, 0.05) is 11.0 Å². The second-order valence-corrected chi connectivity index (χ2v) is 5.00. The monoisotopic (exact) mass is 328 g/mol. The highest BCUT2D eigenvalue weighted by molar-refractivity contribution is 9.10. The zero-order chi connectivity index (χ0) is 14.6. The van der Waals surface area contributed by atoms with Crippen molar-refractivity contribution in [3.05, 3.63) is 22.2 Å². The molecule has 0 aliphatic carbocycles. The minimum absolute atomic E-state index is 0.175. The normalized spacial score (nSPS) is 11.8. The molecule has 0 radical (unpaired) electrons. The Kier molecular flexibility index (Phi) is 5.35. The molecule has 1 atom stereocenters. The first-order chi connectivity index (χ1) is 8.86. The highest BCUT2D eigenvalue weighted by Gasteiger charge is 2.19. The van der Waals surface area contributed by atoms with Crippen molar-refractivity contribution in [3.63, 3.8) is 0 Å². The molecule has 0 bridgehead atoms. The standard InChI is InChI=1S/C13H17BrN2O3/c1-4-16-13(18)8(3)19-12-10(7(2)17)5-9(14)6-11(12)15/h5-6,8H,4,15H2,1-3H3,(H,16,18). The number of rotatable bonds is 5. The average molecular weight is 329 g/mol. The maximum atomic E-state index is 11.6. The Balaban J connectivity index is 3.06. The lowest BCUT2D eigenvalue weighted by atomic mass is 10.1.